The second-order valence-corrected chi connectivity index (χ2v) is 13.2. The van der Waals surface area contributed by atoms with Crippen LogP contribution in [0.2, 0.25) is 0 Å². The summed E-state index contributed by atoms with van der Waals surface area (Å²) in [6, 6.07) is 9.22. The Balaban J connectivity index is 1.68. The fourth-order valence-corrected chi connectivity index (χ4v) is 6.27. The van der Waals surface area contributed by atoms with Gasteiger partial charge in [0.1, 0.15) is 0 Å². The Kier molecular flexibility index (Phi) is 7.33. The van der Waals surface area contributed by atoms with Gasteiger partial charge in [-0.15, -0.1) is 0 Å². The van der Waals surface area contributed by atoms with E-state index in [0.717, 1.165) is 25.9 Å². The summed E-state index contributed by atoms with van der Waals surface area (Å²) in [5, 5.41) is 11.9. The minimum absolute atomic E-state index is 0.0270. The van der Waals surface area contributed by atoms with Gasteiger partial charge in [-0.05, 0) is 81.0 Å². The molecule has 0 bridgehead atoms. The standard InChI is InChI=1S/C24H32N4O6S2/c1-17-14-19(27-35(31,32)13-12-29)16-21(28-10-8-24(6-7-24)9-11-28)22(17)23(30)26-18-4-3-5-20(15-18)36(33,34)25-2/h3-5,14-16,25,27,29H,6-13H2,1-2H3,(H,26,30). The first-order valence-electron chi connectivity index (χ1n) is 11.8. The van der Waals surface area contributed by atoms with Crippen molar-refractivity contribution in [3.63, 3.8) is 0 Å². The van der Waals surface area contributed by atoms with E-state index >= 15 is 0 Å². The average molecular weight is 537 g/mol. The van der Waals surface area contributed by atoms with Crippen LogP contribution in [0.15, 0.2) is 41.3 Å². The first kappa shape index (κ1) is 26.4. The molecule has 0 atom stereocenters. The molecule has 12 heteroatoms. The highest BCUT2D eigenvalue weighted by Gasteiger charge is 2.44. The van der Waals surface area contributed by atoms with E-state index < -0.39 is 38.3 Å². The van der Waals surface area contributed by atoms with Gasteiger partial charge in [0, 0.05) is 18.8 Å². The Morgan fingerprint density at radius 1 is 1.03 bits per heavy atom. The molecule has 0 unspecified atom stereocenters. The summed E-state index contributed by atoms with van der Waals surface area (Å²) in [6.07, 6.45) is 4.47. The summed E-state index contributed by atoms with van der Waals surface area (Å²) in [6.45, 7) is 2.74. The molecule has 1 spiro atoms. The zero-order chi connectivity index (χ0) is 26.1. The van der Waals surface area contributed by atoms with Gasteiger partial charge in [0.25, 0.3) is 5.91 Å². The molecule has 2 fully saturated rings. The average Bonchev–Trinajstić information content (AvgIpc) is 3.57. The minimum atomic E-state index is -3.74. The second-order valence-electron chi connectivity index (χ2n) is 9.51. The number of benzene rings is 2. The number of hydrogen-bond acceptors (Lipinski definition) is 7. The predicted octanol–water partition coefficient (Wildman–Crippen LogP) is 2.27. The van der Waals surface area contributed by atoms with Crippen molar-refractivity contribution in [2.24, 2.45) is 5.41 Å². The number of amides is 1. The van der Waals surface area contributed by atoms with Crippen LogP contribution >= 0.6 is 0 Å². The van der Waals surface area contributed by atoms with Crippen LogP contribution in [0, 0.1) is 12.3 Å². The quantitative estimate of drug-likeness (QED) is 0.385. The Morgan fingerprint density at radius 3 is 2.33 bits per heavy atom. The summed E-state index contributed by atoms with van der Waals surface area (Å²) < 4.78 is 53.7. The maximum atomic E-state index is 13.5. The van der Waals surface area contributed by atoms with Gasteiger partial charge in [0.15, 0.2) is 0 Å². The molecule has 1 saturated carbocycles. The number of piperidine rings is 1. The summed E-state index contributed by atoms with van der Waals surface area (Å²) in [7, 11) is -6.11. The van der Waals surface area contributed by atoms with Gasteiger partial charge >= 0.3 is 0 Å². The molecule has 2 aromatic rings. The van der Waals surface area contributed by atoms with E-state index in [0.29, 0.717) is 33.6 Å². The van der Waals surface area contributed by atoms with Gasteiger partial charge in [-0.2, -0.15) is 0 Å². The van der Waals surface area contributed by atoms with E-state index in [9.17, 15) is 21.6 Å². The van der Waals surface area contributed by atoms with Crippen molar-refractivity contribution < 1.29 is 26.7 Å². The third kappa shape index (κ3) is 5.83. The van der Waals surface area contributed by atoms with Gasteiger partial charge in [-0.1, -0.05) is 6.07 Å². The second kappa shape index (κ2) is 10.0. The predicted molar refractivity (Wildman–Crippen MR) is 139 cm³/mol. The maximum Gasteiger partial charge on any atom is 0.258 e. The van der Waals surface area contributed by atoms with Crippen molar-refractivity contribution in [3.05, 3.63) is 47.5 Å². The molecule has 1 saturated heterocycles. The number of anilines is 3. The Bertz CT molecular complexity index is 1360. The van der Waals surface area contributed by atoms with E-state index in [1.54, 1.807) is 31.2 Å². The van der Waals surface area contributed by atoms with Crippen molar-refractivity contribution in [2.75, 3.05) is 47.4 Å². The molecule has 196 valence electrons. The number of hydrogen-bond donors (Lipinski definition) is 4. The van der Waals surface area contributed by atoms with E-state index in [1.165, 1.54) is 32.0 Å². The third-order valence-corrected chi connectivity index (χ3v) is 9.65. The monoisotopic (exact) mass is 536 g/mol. The zero-order valence-corrected chi connectivity index (χ0v) is 22.0. The lowest BCUT2D eigenvalue weighted by Crippen LogP contribution is -2.36. The molecule has 1 aliphatic carbocycles. The normalized spacial score (nSPS) is 17.1. The van der Waals surface area contributed by atoms with Crippen LogP contribution in [0.5, 0.6) is 0 Å². The molecule has 0 radical (unpaired) electrons. The van der Waals surface area contributed by atoms with Crippen LogP contribution in [0.3, 0.4) is 0 Å². The van der Waals surface area contributed by atoms with Crippen molar-refractivity contribution >= 4 is 43.0 Å². The summed E-state index contributed by atoms with van der Waals surface area (Å²) >= 11 is 0. The smallest absolute Gasteiger partial charge is 0.258 e. The van der Waals surface area contributed by atoms with Gasteiger partial charge < -0.3 is 15.3 Å². The van der Waals surface area contributed by atoms with E-state index in [1.807, 2.05) is 0 Å². The number of carbonyl (C=O) groups excluding carboxylic acids is 1. The third-order valence-electron chi connectivity index (χ3n) is 6.97. The van der Waals surface area contributed by atoms with Gasteiger partial charge in [0.05, 0.1) is 34.2 Å². The number of aryl methyl sites for hydroxylation is 1. The van der Waals surface area contributed by atoms with Crippen molar-refractivity contribution in [3.8, 4) is 0 Å². The van der Waals surface area contributed by atoms with Crippen LogP contribution < -0.4 is 19.7 Å². The molecule has 2 aliphatic rings. The molecular formula is C24H32N4O6S2. The van der Waals surface area contributed by atoms with Crippen LogP contribution in [-0.4, -0.2) is 60.3 Å². The SMILES string of the molecule is CNS(=O)(=O)c1cccc(NC(=O)c2c(C)cc(NS(=O)(=O)CCO)cc2N2CCC3(CC2)CC3)c1. The van der Waals surface area contributed by atoms with Gasteiger partial charge in [-0.3, -0.25) is 9.52 Å². The van der Waals surface area contributed by atoms with Gasteiger partial charge in [-0.25, -0.2) is 21.6 Å². The number of sulfonamides is 2. The molecule has 0 aromatic heterocycles. The van der Waals surface area contributed by atoms with Crippen molar-refractivity contribution in [1.29, 1.82) is 0 Å². The highest BCUT2D eigenvalue weighted by atomic mass is 32.2. The van der Waals surface area contributed by atoms with Crippen LogP contribution in [0.4, 0.5) is 17.1 Å². The highest BCUT2D eigenvalue weighted by Crippen LogP contribution is 2.54. The fraction of sp³-hybridized carbons (Fsp3) is 0.458. The van der Waals surface area contributed by atoms with E-state index in [-0.39, 0.29) is 4.90 Å². The first-order valence-corrected chi connectivity index (χ1v) is 15.0. The molecule has 1 heterocycles. The van der Waals surface area contributed by atoms with E-state index in [2.05, 4.69) is 19.7 Å². The molecule has 10 nitrogen and oxygen atoms in total. The van der Waals surface area contributed by atoms with Crippen LogP contribution in [-0.2, 0) is 20.0 Å². The lowest BCUT2D eigenvalue weighted by atomic mass is 9.92. The largest absolute Gasteiger partial charge is 0.395 e. The minimum Gasteiger partial charge on any atom is -0.395 e. The van der Waals surface area contributed by atoms with Crippen LogP contribution in [0.25, 0.3) is 0 Å². The molecule has 1 amide bonds. The summed E-state index contributed by atoms with van der Waals surface area (Å²) in [5.41, 5.74) is 2.63. The Morgan fingerprint density at radius 2 is 1.72 bits per heavy atom. The maximum absolute atomic E-state index is 13.5. The lowest BCUT2D eigenvalue weighted by Gasteiger charge is -2.35. The zero-order valence-electron chi connectivity index (χ0n) is 20.4. The number of carbonyl (C=O) groups is 1. The van der Waals surface area contributed by atoms with Gasteiger partial charge in [0.2, 0.25) is 20.0 Å². The topological polar surface area (TPSA) is 145 Å². The van der Waals surface area contributed by atoms with Crippen LogP contribution in [0.1, 0.15) is 41.6 Å². The number of aliphatic hydroxyl groups excluding tert-OH is 1. The number of nitrogens with zero attached hydrogens (tertiary/aromatic N) is 1. The summed E-state index contributed by atoms with van der Waals surface area (Å²) in [5.74, 6) is -0.847. The fourth-order valence-electron chi connectivity index (χ4n) is 4.67. The number of rotatable bonds is 9. The molecule has 2 aromatic carbocycles. The molecule has 4 N–H and O–H groups in total. The number of nitrogens with one attached hydrogen (secondary N) is 3. The molecular weight excluding hydrogens is 504 g/mol. The van der Waals surface area contributed by atoms with Crippen molar-refractivity contribution in [2.45, 2.75) is 37.5 Å². The Hall–Kier alpha value is -2.67. The molecule has 1 aliphatic heterocycles. The number of aliphatic hydroxyl groups is 1. The Labute approximate surface area is 212 Å². The molecule has 4 rings (SSSR count). The lowest BCUT2D eigenvalue weighted by molar-refractivity contribution is 0.102. The summed E-state index contributed by atoms with van der Waals surface area (Å²) in [4.78, 5) is 15.6. The highest BCUT2D eigenvalue weighted by molar-refractivity contribution is 7.92. The first-order chi connectivity index (χ1) is 17.0. The molecule has 36 heavy (non-hydrogen) atoms. The van der Waals surface area contributed by atoms with E-state index in [4.69, 9.17) is 5.11 Å². The van der Waals surface area contributed by atoms with Crippen molar-refractivity contribution in [1.82, 2.24) is 4.72 Å².